The van der Waals surface area contributed by atoms with Crippen molar-refractivity contribution in [2.45, 2.75) is 6.92 Å². The number of hydrogen-bond acceptors (Lipinski definition) is 2. The van der Waals surface area contributed by atoms with Crippen LogP contribution in [0.5, 0.6) is 0 Å². The molecule has 0 saturated heterocycles. The third-order valence-electron chi connectivity index (χ3n) is 4.13. The summed E-state index contributed by atoms with van der Waals surface area (Å²) in [6.07, 6.45) is 0. The molecule has 0 unspecified atom stereocenters. The van der Waals surface area contributed by atoms with E-state index in [-0.39, 0.29) is 0 Å². The van der Waals surface area contributed by atoms with Crippen LogP contribution in [0.4, 0.5) is 0 Å². The highest BCUT2D eigenvalue weighted by molar-refractivity contribution is 6.30. The highest BCUT2D eigenvalue weighted by Gasteiger charge is 2.18. The van der Waals surface area contributed by atoms with Crippen molar-refractivity contribution >= 4 is 11.6 Å². The Morgan fingerprint density at radius 2 is 1.44 bits per heavy atom. The van der Waals surface area contributed by atoms with E-state index < -0.39 is 0 Å². The first-order chi connectivity index (χ1) is 12.2. The second-order valence-electron chi connectivity index (χ2n) is 5.89. The summed E-state index contributed by atoms with van der Waals surface area (Å²) in [5.41, 5.74) is 4.86. The maximum Gasteiger partial charge on any atom is 0.227 e. The molecule has 0 amide bonds. The Balaban J connectivity index is 1.92. The van der Waals surface area contributed by atoms with Crippen molar-refractivity contribution in [1.82, 2.24) is 4.98 Å². The summed E-state index contributed by atoms with van der Waals surface area (Å²) < 4.78 is 6.21. The number of oxazole rings is 1. The average molecular weight is 346 g/mol. The van der Waals surface area contributed by atoms with Gasteiger partial charge in [0, 0.05) is 21.7 Å². The minimum Gasteiger partial charge on any atom is -0.435 e. The number of rotatable bonds is 3. The lowest BCUT2D eigenvalue weighted by atomic mass is 10.1. The molecule has 0 aliphatic carbocycles. The molecular weight excluding hydrogens is 330 g/mol. The van der Waals surface area contributed by atoms with Gasteiger partial charge in [0.05, 0.1) is 0 Å². The average Bonchev–Trinajstić information content (AvgIpc) is 3.08. The van der Waals surface area contributed by atoms with E-state index in [9.17, 15) is 0 Å². The fraction of sp³-hybridized carbons (Fsp3) is 0.0455. The summed E-state index contributed by atoms with van der Waals surface area (Å²) in [7, 11) is 0. The van der Waals surface area contributed by atoms with Crippen LogP contribution in [0.15, 0.2) is 83.3 Å². The smallest absolute Gasteiger partial charge is 0.227 e. The van der Waals surface area contributed by atoms with Crippen molar-refractivity contribution < 1.29 is 4.42 Å². The fourth-order valence-corrected chi connectivity index (χ4v) is 3.11. The first-order valence-corrected chi connectivity index (χ1v) is 8.48. The maximum atomic E-state index is 6.21. The lowest BCUT2D eigenvalue weighted by molar-refractivity contribution is 0.588. The predicted octanol–water partition coefficient (Wildman–Crippen LogP) is 6.64. The largest absolute Gasteiger partial charge is 0.435 e. The first-order valence-electron chi connectivity index (χ1n) is 8.10. The van der Waals surface area contributed by atoms with Gasteiger partial charge in [-0.1, -0.05) is 72.3 Å². The molecule has 0 saturated carbocycles. The van der Waals surface area contributed by atoms with Gasteiger partial charge in [0.25, 0.3) is 0 Å². The van der Waals surface area contributed by atoms with E-state index in [1.807, 2.05) is 85.8 Å². The standard InChI is InChI=1S/C22H16ClNO/c1-15-14-18(23)12-13-19(15)22-24-20(16-8-4-2-5-9-16)21(25-22)17-10-6-3-7-11-17/h2-14H,1H3. The van der Waals surface area contributed by atoms with Gasteiger partial charge in [0.1, 0.15) is 5.69 Å². The highest BCUT2D eigenvalue weighted by Crippen LogP contribution is 2.36. The Morgan fingerprint density at radius 3 is 2.08 bits per heavy atom. The molecular formula is C22H16ClNO. The quantitative estimate of drug-likeness (QED) is 0.416. The lowest BCUT2D eigenvalue weighted by Crippen LogP contribution is -1.84. The Morgan fingerprint density at radius 1 is 0.800 bits per heavy atom. The van der Waals surface area contributed by atoms with Gasteiger partial charge in [-0.05, 0) is 30.7 Å². The molecule has 2 nitrogen and oxygen atoms in total. The van der Waals surface area contributed by atoms with Crippen LogP contribution >= 0.6 is 11.6 Å². The summed E-state index contributed by atoms with van der Waals surface area (Å²) in [5.74, 6) is 1.38. The van der Waals surface area contributed by atoms with Crippen LogP contribution in [0, 0.1) is 6.92 Å². The van der Waals surface area contributed by atoms with Crippen molar-refractivity contribution in [3.63, 3.8) is 0 Å². The number of halogens is 1. The van der Waals surface area contributed by atoms with Gasteiger partial charge in [0.2, 0.25) is 5.89 Å². The summed E-state index contributed by atoms with van der Waals surface area (Å²) in [6.45, 7) is 2.01. The molecule has 25 heavy (non-hydrogen) atoms. The van der Waals surface area contributed by atoms with Gasteiger partial charge >= 0.3 is 0 Å². The van der Waals surface area contributed by atoms with Crippen LogP contribution < -0.4 is 0 Å². The van der Waals surface area contributed by atoms with Crippen molar-refractivity contribution in [2.24, 2.45) is 0 Å². The van der Waals surface area contributed by atoms with Crippen LogP contribution in [0.3, 0.4) is 0 Å². The molecule has 122 valence electrons. The minimum atomic E-state index is 0.604. The number of aromatic nitrogens is 1. The molecule has 1 aromatic heterocycles. The number of nitrogens with zero attached hydrogens (tertiary/aromatic N) is 1. The van der Waals surface area contributed by atoms with Crippen molar-refractivity contribution in [3.05, 3.63) is 89.4 Å². The molecule has 1 heterocycles. The van der Waals surface area contributed by atoms with E-state index >= 15 is 0 Å². The molecule has 4 aromatic rings. The summed E-state index contributed by atoms with van der Waals surface area (Å²) in [6, 6.07) is 25.9. The molecule has 0 atom stereocenters. The third-order valence-corrected chi connectivity index (χ3v) is 4.36. The summed E-state index contributed by atoms with van der Waals surface area (Å²) >= 11 is 6.08. The summed E-state index contributed by atoms with van der Waals surface area (Å²) in [4.78, 5) is 4.81. The fourth-order valence-electron chi connectivity index (χ4n) is 2.88. The van der Waals surface area contributed by atoms with E-state index in [2.05, 4.69) is 0 Å². The van der Waals surface area contributed by atoms with Gasteiger partial charge in [-0.3, -0.25) is 0 Å². The predicted molar refractivity (Wildman–Crippen MR) is 103 cm³/mol. The Bertz CT molecular complexity index is 950. The molecule has 0 aliphatic heterocycles. The highest BCUT2D eigenvalue weighted by atomic mass is 35.5. The normalized spacial score (nSPS) is 10.8. The van der Waals surface area contributed by atoms with E-state index in [4.69, 9.17) is 21.0 Å². The maximum absolute atomic E-state index is 6.21. The zero-order valence-corrected chi connectivity index (χ0v) is 14.5. The van der Waals surface area contributed by atoms with Gasteiger partial charge < -0.3 is 4.42 Å². The zero-order valence-electron chi connectivity index (χ0n) is 13.7. The number of aryl methyl sites for hydroxylation is 1. The van der Waals surface area contributed by atoms with Gasteiger partial charge in [-0.15, -0.1) is 0 Å². The first kappa shape index (κ1) is 15.7. The van der Waals surface area contributed by atoms with E-state index in [0.717, 1.165) is 33.7 Å². The van der Waals surface area contributed by atoms with Crippen LogP contribution in [0.1, 0.15) is 5.56 Å². The Hall–Kier alpha value is -2.84. The van der Waals surface area contributed by atoms with Gasteiger partial charge in [0.15, 0.2) is 5.76 Å². The molecule has 0 bridgehead atoms. The van der Waals surface area contributed by atoms with Gasteiger partial charge in [-0.25, -0.2) is 4.98 Å². The van der Waals surface area contributed by atoms with E-state index in [1.165, 1.54) is 0 Å². The topological polar surface area (TPSA) is 26.0 Å². The second kappa shape index (κ2) is 6.58. The lowest BCUT2D eigenvalue weighted by Gasteiger charge is -2.01. The van der Waals surface area contributed by atoms with Crippen LogP contribution in [-0.4, -0.2) is 4.98 Å². The summed E-state index contributed by atoms with van der Waals surface area (Å²) in [5, 5.41) is 0.708. The van der Waals surface area contributed by atoms with E-state index in [1.54, 1.807) is 0 Å². The Kier molecular flexibility index (Phi) is 4.12. The Labute approximate surface area is 151 Å². The molecule has 3 heteroatoms. The minimum absolute atomic E-state index is 0.604. The van der Waals surface area contributed by atoms with Crippen LogP contribution in [0.2, 0.25) is 5.02 Å². The number of benzene rings is 3. The molecule has 3 aromatic carbocycles. The second-order valence-corrected chi connectivity index (χ2v) is 6.32. The van der Waals surface area contributed by atoms with Crippen LogP contribution in [-0.2, 0) is 0 Å². The van der Waals surface area contributed by atoms with Crippen molar-refractivity contribution in [2.75, 3.05) is 0 Å². The SMILES string of the molecule is Cc1cc(Cl)ccc1-c1nc(-c2ccccc2)c(-c2ccccc2)o1. The number of hydrogen-bond donors (Lipinski definition) is 0. The molecule has 0 spiro atoms. The van der Waals surface area contributed by atoms with Crippen molar-refractivity contribution in [3.8, 4) is 34.0 Å². The monoisotopic (exact) mass is 345 g/mol. The van der Waals surface area contributed by atoms with E-state index in [0.29, 0.717) is 10.9 Å². The third kappa shape index (κ3) is 3.09. The molecule has 0 fully saturated rings. The molecule has 0 radical (unpaired) electrons. The molecule has 4 rings (SSSR count). The van der Waals surface area contributed by atoms with Crippen LogP contribution in [0.25, 0.3) is 34.0 Å². The zero-order chi connectivity index (χ0) is 17.2. The molecule has 0 N–H and O–H groups in total. The molecule has 0 aliphatic rings. The van der Waals surface area contributed by atoms with Crippen molar-refractivity contribution in [1.29, 1.82) is 0 Å². The van der Waals surface area contributed by atoms with Gasteiger partial charge in [-0.2, -0.15) is 0 Å².